The largest absolute Gasteiger partial charge is 0.399 e. The van der Waals surface area contributed by atoms with Crippen molar-refractivity contribution in [3.05, 3.63) is 47.1 Å². The molecule has 4 nitrogen and oxygen atoms in total. The molecule has 0 aliphatic carbocycles. The van der Waals surface area contributed by atoms with Gasteiger partial charge >= 0.3 is 0 Å². The molecule has 0 aliphatic rings. The van der Waals surface area contributed by atoms with E-state index in [1.54, 1.807) is 17.7 Å². The molecule has 0 aliphatic heterocycles. The number of rotatable bonds is 3. The number of fused-ring (bicyclic) bond motifs is 1. The van der Waals surface area contributed by atoms with Crippen molar-refractivity contribution in [2.24, 2.45) is 0 Å². The van der Waals surface area contributed by atoms with Crippen molar-refractivity contribution in [1.29, 1.82) is 0 Å². The Morgan fingerprint density at radius 2 is 2.10 bits per heavy atom. The van der Waals surface area contributed by atoms with Gasteiger partial charge in [-0.1, -0.05) is 12.1 Å². The second-order valence-corrected chi connectivity index (χ2v) is 6.07. The first-order valence-electron chi connectivity index (χ1n) is 6.46. The molecular formula is C15H16N4S. The molecule has 0 amide bonds. The van der Waals surface area contributed by atoms with Crippen molar-refractivity contribution >= 4 is 33.1 Å². The molecule has 1 unspecified atom stereocenters. The number of nitrogens with two attached hydrogens (primary N) is 1. The summed E-state index contributed by atoms with van der Waals surface area (Å²) < 4.78 is 0. The van der Waals surface area contributed by atoms with Crippen LogP contribution in [0.3, 0.4) is 0 Å². The van der Waals surface area contributed by atoms with Crippen molar-refractivity contribution in [3.8, 4) is 0 Å². The highest BCUT2D eigenvalue weighted by Gasteiger charge is 2.11. The molecule has 0 saturated heterocycles. The van der Waals surface area contributed by atoms with Crippen LogP contribution in [-0.2, 0) is 0 Å². The molecule has 3 aromatic rings. The summed E-state index contributed by atoms with van der Waals surface area (Å²) in [6, 6.07) is 10.2. The Bertz CT molecular complexity index is 750. The predicted octanol–water partition coefficient (Wildman–Crippen LogP) is 3.76. The number of aryl methyl sites for hydroxylation is 1. The van der Waals surface area contributed by atoms with E-state index in [-0.39, 0.29) is 6.04 Å². The SMILES string of the molecule is Cc1cc2c(NC(C)c3cccc(N)c3)ncnc2s1. The Morgan fingerprint density at radius 3 is 2.90 bits per heavy atom. The average Bonchev–Trinajstić information content (AvgIpc) is 2.80. The number of benzene rings is 1. The van der Waals surface area contributed by atoms with Gasteiger partial charge in [-0.25, -0.2) is 9.97 Å². The van der Waals surface area contributed by atoms with Crippen molar-refractivity contribution in [2.45, 2.75) is 19.9 Å². The van der Waals surface area contributed by atoms with E-state index in [1.807, 2.05) is 18.2 Å². The van der Waals surface area contributed by atoms with E-state index in [0.717, 1.165) is 27.3 Å². The van der Waals surface area contributed by atoms with Crippen molar-refractivity contribution in [3.63, 3.8) is 0 Å². The Hall–Kier alpha value is -2.14. The predicted molar refractivity (Wildman–Crippen MR) is 85.0 cm³/mol. The van der Waals surface area contributed by atoms with E-state index >= 15 is 0 Å². The molecular weight excluding hydrogens is 268 g/mol. The zero-order valence-corrected chi connectivity index (χ0v) is 12.2. The maximum atomic E-state index is 5.83. The van der Waals surface area contributed by atoms with Crippen LogP contribution in [0.25, 0.3) is 10.2 Å². The van der Waals surface area contributed by atoms with Gasteiger partial charge in [0.25, 0.3) is 0 Å². The molecule has 2 aromatic heterocycles. The third-order valence-electron chi connectivity index (χ3n) is 3.22. The molecule has 0 fully saturated rings. The van der Waals surface area contributed by atoms with Crippen LogP contribution in [0.4, 0.5) is 11.5 Å². The van der Waals surface area contributed by atoms with Crippen LogP contribution in [0.2, 0.25) is 0 Å². The first-order valence-corrected chi connectivity index (χ1v) is 7.28. The van der Waals surface area contributed by atoms with Gasteiger partial charge in [0.2, 0.25) is 0 Å². The maximum Gasteiger partial charge on any atom is 0.138 e. The Morgan fingerprint density at radius 1 is 1.25 bits per heavy atom. The lowest BCUT2D eigenvalue weighted by Crippen LogP contribution is -2.08. The van der Waals surface area contributed by atoms with Crippen molar-refractivity contribution < 1.29 is 0 Å². The summed E-state index contributed by atoms with van der Waals surface area (Å²) in [5.41, 5.74) is 7.75. The number of nitrogen functional groups attached to an aromatic ring is 1. The lowest BCUT2D eigenvalue weighted by molar-refractivity contribution is 0.876. The first kappa shape index (κ1) is 12.9. The highest BCUT2D eigenvalue weighted by Crippen LogP contribution is 2.29. The van der Waals surface area contributed by atoms with Gasteiger partial charge in [0.15, 0.2) is 0 Å². The molecule has 0 spiro atoms. The first-order chi connectivity index (χ1) is 9.63. The van der Waals surface area contributed by atoms with Crippen LogP contribution in [0.1, 0.15) is 23.4 Å². The van der Waals surface area contributed by atoms with Crippen LogP contribution in [0.15, 0.2) is 36.7 Å². The Kier molecular flexibility index (Phi) is 3.28. The maximum absolute atomic E-state index is 5.83. The average molecular weight is 284 g/mol. The van der Waals surface area contributed by atoms with E-state index in [0.29, 0.717) is 0 Å². The monoisotopic (exact) mass is 284 g/mol. The minimum atomic E-state index is 0.136. The molecule has 20 heavy (non-hydrogen) atoms. The van der Waals surface area contributed by atoms with Crippen LogP contribution >= 0.6 is 11.3 Å². The number of nitrogens with zero attached hydrogens (tertiary/aromatic N) is 2. The minimum Gasteiger partial charge on any atom is -0.399 e. The molecule has 1 aromatic carbocycles. The lowest BCUT2D eigenvalue weighted by Gasteiger charge is -2.15. The van der Waals surface area contributed by atoms with Gasteiger partial charge in [0, 0.05) is 10.6 Å². The molecule has 2 heterocycles. The summed E-state index contributed by atoms with van der Waals surface area (Å²) in [7, 11) is 0. The number of anilines is 2. The summed E-state index contributed by atoms with van der Waals surface area (Å²) >= 11 is 1.68. The summed E-state index contributed by atoms with van der Waals surface area (Å²) in [6.07, 6.45) is 1.60. The number of aromatic nitrogens is 2. The molecule has 1 atom stereocenters. The fourth-order valence-electron chi connectivity index (χ4n) is 2.21. The summed E-state index contributed by atoms with van der Waals surface area (Å²) in [6.45, 7) is 4.18. The highest BCUT2D eigenvalue weighted by atomic mass is 32.1. The number of nitrogens with one attached hydrogen (secondary N) is 1. The second-order valence-electron chi connectivity index (χ2n) is 4.83. The van der Waals surface area contributed by atoms with Crippen molar-refractivity contribution in [2.75, 3.05) is 11.1 Å². The molecule has 3 rings (SSSR count). The zero-order chi connectivity index (χ0) is 14.1. The molecule has 0 saturated carbocycles. The van der Waals surface area contributed by atoms with Crippen LogP contribution in [0, 0.1) is 6.92 Å². The molecule has 5 heteroatoms. The van der Waals surface area contributed by atoms with Gasteiger partial charge in [0.05, 0.1) is 11.4 Å². The standard InChI is InChI=1S/C15H16N4S/c1-9-6-13-14(17-8-18-15(13)20-9)19-10(2)11-4-3-5-12(16)7-11/h3-8,10H,16H2,1-2H3,(H,17,18,19). The van der Waals surface area contributed by atoms with E-state index in [4.69, 9.17) is 5.73 Å². The summed E-state index contributed by atoms with van der Waals surface area (Å²) in [5, 5.41) is 4.52. The Labute approximate surface area is 121 Å². The van der Waals surface area contributed by atoms with Gasteiger partial charge in [0.1, 0.15) is 17.0 Å². The zero-order valence-electron chi connectivity index (χ0n) is 11.4. The van der Waals surface area contributed by atoms with Gasteiger partial charge in [-0.3, -0.25) is 0 Å². The molecule has 0 radical (unpaired) electrons. The fourth-order valence-corrected chi connectivity index (χ4v) is 3.05. The lowest BCUT2D eigenvalue weighted by atomic mass is 10.1. The Balaban J connectivity index is 1.93. The fraction of sp³-hybridized carbons (Fsp3) is 0.200. The minimum absolute atomic E-state index is 0.136. The van der Waals surface area contributed by atoms with Gasteiger partial charge < -0.3 is 11.1 Å². The summed E-state index contributed by atoms with van der Waals surface area (Å²) in [4.78, 5) is 10.9. The topological polar surface area (TPSA) is 63.8 Å². The third kappa shape index (κ3) is 2.44. The van der Waals surface area contributed by atoms with E-state index in [1.165, 1.54) is 4.88 Å². The number of thiophene rings is 1. The highest BCUT2D eigenvalue weighted by molar-refractivity contribution is 7.18. The van der Waals surface area contributed by atoms with Gasteiger partial charge in [-0.2, -0.15) is 0 Å². The smallest absolute Gasteiger partial charge is 0.138 e. The van der Waals surface area contributed by atoms with Crippen LogP contribution in [0.5, 0.6) is 0 Å². The van der Waals surface area contributed by atoms with Crippen LogP contribution < -0.4 is 11.1 Å². The molecule has 3 N–H and O–H groups in total. The molecule has 102 valence electrons. The van der Waals surface area contributed by atoms with Crippen LogP contribution in [-0.4, -0.2) is 9.97 Å². The van der Waals surface area contributed by atoms with E-state index in [9.17, 15) is 0 Å². The van der Waals surface area contributed by atoms with Gasteiger partial charge in [-0.15, -0.1) is 11.3 Å². The quantitative estimate of drug-likeness (QED) is 0.719. The van der Waals surface area contributed by atoms with E-state index in [2.05, 4.69) is 41.3 Å². The molecule has 0 bridgehead atoms. The summed E-state index contributed by atoms with van der Waals surface area (Å²) in [5.74, 6) is 0.870. The van der Waals surface area contributed by atoms with Crippen molar-refractivity contribution in [1.82, 2.24) is 9.97 Å². The van der Waals surface area contributed by atoms with Gasteiger partial charge in [-0.05, 0) is 37.6 Å². The van der Waals surface area contributed by atoms with E-state index < -0.39 is 0 Å². The second kappa shape index (κ2) is 5.09. The number of hydrogen-bond acceptors (Lipinski definition) is 5. The number of hydrogen-bond donors (Lipinski definition) is 2. The third-order valence-corrected chi connectivity index (χ3v) is 4.18. The normalized spacial score (nSPS) is 12.5.